The molecule has 0 aliphatic heterocycles. The second-order valence-electron chi connectivity index (χ2n) is 6.13. The van der Waals surface area contributed by atoms with Crippen LogP contribution in [0.25, 0.3) is 0 Å². The zero-order valence-electron chi connectivity index (χ0n) is 14.7. The first-order valence-electron chi connectivity index (χ1n) is 7.80. The smallest absolute Gasteiger partial charge is 0.345 e. The monoisotopic (exact) mass is 356 g/mol. The summed E-state index contributed by atoms with van der Waals surface area (Å²) < 4.78 is 5.26. The number of hydrogen-bond acceptors (Lipinski definition) is 5. The van der Waals surface area contributed by atoms with Crippen molar-refractivity contribution in [1.82, 2.24) is 4.90 Å². The number of carbonyl (C=O) groups excluding carboxylic acids is 2. The van der Waals surface area contributed by atoms with Gasteiger partial charge in [-0.3, -0.25) is 9.59 Å². The Balaban J connectivity index is 2.27. The number of aliphatic carboxylic acids is 1. The van der Waals surface area contributed by atoms with Crippen molar-refractivity contribution >= 4 is 23.5 Å². The summed E-state index contributed by atoms with van der Waals surface area (Å²) in [5.41, 5.74) is 4.81. The molecule has 1 unspecified atom stereocenters. The van der Waals surface area contributed by atoms with Gasteiger partial charge in [0.05, 0.1) is 5.56 Å². The molecule has 3 N–H and O–H groups in total. The predicted molar refractivity (Wildman–Crippen MR) is 95.9 cm³/mol. The highest BCUT2D eigenvalue weighted by molar-refractivity contribution is 6.07. The van der Waals surface area contributed by atoms with Crippen molar-refractivity contribution in [1.29, 1.82) is 0 Å². The van der Waals surface area contributed by atoms with Gasteiger partial charge in [-0.1, -0.05) is 24.3 Å². The van der Waals surface area contributed by atoms with Crippen LogP contribution in [-0.4, -0.2) is 41.9 Å². The van der Waals surface area contributed by atoms with E-state index in [2.05, 4.69) is 0 Å². The molecule has 26 heavy (non-hydrogen) atoms. The molecule has 0 fully saturated rings. The van der Waals surface area contributed by atoms with E-state index in [1.165, 1.54) is 50.2 Å². The molecule has 1 atom stereocenters. The van der Waals surface area contributed by atoms with Crippen LogP contribution >= 0.6 is 0 Å². The number of rotatable bonds is 5. The highest BCUT2D eigenvalue weighted by Crippen LogP contribution is 2.28. The number of carbonyl (C=O) groups is 3. The summed E-state index contributed by atoms with van der Waals surface area (Å²) in [6.07, 6.45) is 0. The quantitative estimate of drug-likeness (QED) is 0.366. The van der Waals surface area contributed by atoms with Crippen molar-refractivity contribution in [3.8, 4) is 5.75 Å². The Morgan fingerprint density at radius 3 is 2.12 bits per heavy atom. The van der Waals surface area contributed by atoms with Crippen molar-refractivity contribution < 1.29 is 24.2 Å². The Labute approximate surface area is 151 Å². The number of hydrogen-bond donors (Lipinski definition) is 2. The van der Waals surface area contributed by atoms with Gasteiger partial charge in [0.2, 0.25) is 5.91 Å². The predicted octanol–water partition coefficient (Wildman–Crippen LogP) is 1.92. The molecule has 2 rings (SSSR count). The molecule has 0 aliphatic rings. The van der Waals surface area contributed by atoms with E-state index in [1.54, 1.807) is 24.3 Å². The minimum Gasteiger partial charge on any atom is -0.480 e. The number of benzene rings is 2. The Morgan fingerprint density at radius 1 is 1.04 bits per heavy atom. The molecular weight excluding hydrogens is 336 g/mol. The Hall–Kier alpha value is -3.35. The number of carboxylic acid groups (broad SMARTS) is 1. The van der Waals surface area contributed by atoms with Crippen LogP contribution in [0.5, 0.6) is 5.75 Å². The van der Waals surface area contributed by atoms with Gasteiger partial charge in [-0.05, 0) is 36.8 Å². The van der Waals surface area contributed by atoms with E-state index in [0.717, 1.165) is 0 Å². The molecule has 0 bridgehead atoms. The molecule has 0 heterocycles. The van der Waals surface area contributed by atoms with Crippen LogP contribution in [0.2, 0.25) is 0 Å². The number of carboxylic acids is 1. The summed E-state index contributed by atoms with van der Waals surface area (Å²) in [6.45, 7) is 1.34. The maximum atomic E-state index is 12.3. The minimum atomic E-state index is -1.74. The second kappa shape index (κ2) is 7.26. The number of para-hydroxylation sites is 1. The van der Waals surface area contributed by atoms with E-state index in [1.807, 2.05) is 0 Å². The number of amides is 1. The number of esters is 1. The van der Waals surface area contributed by atoms with Crippen LogP contribution < -0.4 is 10.5 Å². The minimum absolute atomic E-state index is 0.215. The number of nitrogens with two attached hydrogens (primary N) is 1. The van der Waals surface area contributed by atoms with Crippen molar-refractivity contribution in [2.24, 2.45) is 0 Å². The Bertz CT molecular complexity index is 845. The number of likely N-dealkylation sites (N-methyl/N-ethyl adjacent to an activating group) is 1. The van der Waals surface area contributed by atoms with Gasteiger partial charge in [0.15, 0.2) is 5.41 Å². The molecule has 1 amide bonds. The van der Waals surface area contributed by atoms with Crippen LogP contribution in [0, 0.1) is 0 Å². The summed E-state index contributed by atoms with van der Waals surface area (Å²) in [5.74, 6) is -2.24. The molecule has 0 aliphatic carbocycles. The molecule has 0 saturated heterocycles. The molecule has 0 spiro atoms. The Kier molecular flexibility index (Phi) is 5.30. The topological polar surface area (TPSA) is 110 Å². The van der Waals surface area contributed by atoms with Gasteiger partial charge in [-0.25, -0.2) is 4.79 Å². The van der Waals surface area contributed by atoms with Gasteiger partial charge in [0, 0.05) is 19.8 Å². The van der Waals surface area contributed by atoms with Crippen molar-refractivity contribution in [3.63, 3.8) is 0 Å². The summed E-state index contributed by atoms with van der Waals surface area (Å²) in [5, 5.41) is 9.55. The lowest BCUT2D eigenvalue weighted by Crippen LogP contribution is -2.47. The van der Waals surface area contributed by atoms with Crippen LogP contribution in [0.3, 0.4) is 0 Å². The molecule has 136 valence electrons. The maximum absolute atomic E-state index is 12.3. The first-order chi connectivity index (χ1) is 12.2. The molecule has 7 nitrogen and oxygen atoms in total. The molecule has 2 aromatic rings. The molecule has 2 aromatic carbocycles. The largest absolute Gasteiger partial charge is 0.480 e. The van der Waals surface area contributed by atoms with Gasteiger partial charge < -0.3 is 20.5 Å². The van der Waals surface area contributed by atoms with E-state index in [0.29, 0.717) is 5.69 Å². The summed E-state index contributed by atoms with van der Waals surface area (Å²) >= 11 is 0. The summed E-state index contributed by atoms with van der Waals surface area (Å²) in [4.78, 5) is 37.4. The van der Waals surface area contributed by atoms with Crippen molar-refractivity contribution in [2.45, 2.75) is 12.3 Å². The standard InChI is InChI=1S/C19H20N2O5/c1-19(18(24)25,17(23)21(2)3)12-8-10-13(11-9-12)26-16(22)14-6-4-5-7-15(14)20/h4-11H,20H2,1-3H3,(H,24,25). The average Bonchev–Trinajstić information content (AvgIpc) is 2.61. The third kappa shape index (κ3) is 3.51. The van der Waals surface area contributed by atoms with Crippen LogP contribution in [-0.2, 0) is 15.0 Å². The lowest BCUT2D eigenvalue weighted by molar-refractivity contribution is -0.152. The fourth-order valence-corrected chi connectivity index (χ4v) is 2.49. The highest BCUT2D eigenvalue weighted by atomic mass is 16.5. The number of ether oxygens (including phenoxy) is 1. The van der Waals surface area contributed by atoms with Gasteiger partial charge >= 0.3 is 11.9 Å². The number of anilines is 1. The van der Waals surface area contributed by atoms with E-state index in [4.69, 9.17) is 10.5 Å². The first-order valence-corrected chi connectivity index (χ1v) is 7.80. The van der Waals surface area contributed by atoms with Crippen LogP contribution in [0.4, 0.5) is 5.69 Å². The molecule has 7 heteroatoms. The van der Waals surface area contributed by atoms with Gasteiger partial charge in [0.1, 0.15) is 5.75 Å². The van der Waals surface area contributed by atoms with E-state index in [9.17, 15) is 19.5 Å². The van der Waals surface area contributed by atoms with Crippen LogP contribution in [0.15, 0.2) is 48.5 Å². The lowest BCUT2D eigenvalue weighted by Gasteiger charge is -2.27. The molecular formula is C19H20N2O5. The zero-order chi connectivity index (χ0) is 19.5. The Morgan fingerprint density at radius 2 is 1.62 bits per heavy atom. The third-order valence-electron chi connectivity index (χ3n) is 4.08. The van der Waals surface area contributed by atoms with E-state index in [-0.39, 0.29) is 16.9 Å². The zero-order valence-corrected chi connectivity index (χ0v) is 14.7. The first kappa shape index (κ1) is 19.0. The van der Waals surface area contributed by atoms with E-state index < -0.39 is 23.3 Å². The van der Waals surface area contributed by atoms with Gasteiger partial charge in [-0.2, -0.15) is 0 Å². The summed E-state index contributed by atoms with van der Waals surface area (Å²) in [6, 6.07) is 12.3. The third-order valence-corrected chi connectivity index (χ3v) is 4.08. The second-order valence-corrected chi connectivity index (χ2v) is 6.13. The molecule has 0 radical (unpaired) electrons. The van der Waals surface area contributed by atoms with Crippen molar-refractivity contribution in [2.75, 3.05) is 19.8 Å². The van der Waals surface area contributed by atoms with Gasteiger partial charge in [-0.15, -0.1) is 0 Å². The van der Waals surface area contributed by atoms with Crippen molar-refractivity contribution in [3.05, 3.63) is 59.7 Å². The fourth-order valence-electron chi connectivity index (χ4n) is 2.49. The highest BCUT2D eigenvalue weighted by Gasteiger charge is 2.44. The van der Waals surface area contributed by atoms with Crippen LogP contribution in [0.1, 0.15) is 22.8 Å². The SMILES string of the molecule is CN(C)C(=O)C(C)(C(=O)O)c1ccc(OC(=O)c2ccccc2N)cc1. The maximum Gasteiger partial charge on any atom is 0.345 e. The lowest BCUT2D eigenvalue weighted by atomic mass is 9.81. The summed E-state index contributed by atoms with van der Waals surface area (Å²) in [7, 11) is 2.98. The van der Waals surface area contributed by atoms with Gasteiger partial charge in [0.25, 0.3) is 0 Å². The number of nitrogen functional groups attached to an aromatic ring is 1. The fraction of sp³-hybridized carbons (Fsp3) is 0.211. The number of nitrogens with zero attached hydrogens (tertiary/aromatic N) is 1. The average molecular weight is 356 g/mol. The molecule has 0 aromatic heterocycles. The van der Waals surface area contributed by atoms with E-state index >= 15 is 0 Å². The normalized spacial score (nSPS) is 12.7. The molecule has 0 saturated carbocycles.